The maximum absolute atomic E-state index is 13.1. The molecule has 5 nitrogen and oxygen atoms in total. The number of aromatic nitrogens is 1. The smallest absolute Gasteiger partial charge is 0.254 e. The second kappa shape index (κ2) is 7.67. The number of carbonyl (C=O) groups excluding carboxylic acids is 1. The quantitative estimate of drug-likeness (QED) is 0.481. The van der Waals surface area contributed by atoms with Crippen molar-refractivity contribution in [1.29, 1.82) is 0 Å². The van der Waals surface area contributed by atoms with Crippen molar-refractivity contribution in [1.82, 2.24) is 9.47 Å². The van der Waals surface area contributed by atoms with E-state index < -0.39 is 0 Å². The lowest BCUT2D eigenvalue weighted by Gasteiger charge is -2.29. The molecule has 1 aliphatic heterocycles. The van der Waals surface area contributed by atoms with Gasteiger partial charge in [0.15, 0.2) is 0 Å². The predicted octanol–water partition coefficient (Wildman–Crippen LogP) is 4.95. The highest BCUT2D eigenvalue weighted by molar-refractivity contribution is 6.32. The molecule has 31 heavy (non-hydrogen) atoms. The molecule has 1 aromatic heterocycles. The highest BCUT2D eigenvalue weighted by atomic mass is 35.5. The molecule has 2 heterocycles. The number of amides is 1. The molecule has 1 aliphatic rings. The third-order valence-corrected chi connectivity index (χ3v) is 6.23. The number of phenolic OH excluding ortho intramolecular Hbond substituents is 2. The van der Waals surface area contributed by atoms with E-state index in [0.29, 0.717) is 25.2 Å². The average Bonchev–Trinajstić information content (AvgIpc) is 3.10. The Morgan fingerprint density at radius 2 is 1.77 bits per heavy atom. The number of hydrogen-bond acceptors (Lipinski definition) is 3. The van der Waals surface area contributed by atoms with Crippen molar-refractivity contribution in [3.05, 3.63) is 94.1 Å². The van der Waals surface area contributed by atoms with E-state index in [-0.39, 0.29) is 22.4 Å². The summed E-state index contributed by atoms with van der Waals surface area (Å²) in [4.78, 5) is 15.0. The van der Waals surface area contributed by atoms with Crippen LogP contribution in [0.3, 0.4) is 0 Å². The summed E-state index contributed by atoms with van der Waals surface area (Å²) in [6.07, 6.45) is 0.774. The van der Waals surface area contributed by atoms with Crippen LogP contribution < -0.4 is 0 Å². The predicted molar refractivity (Wildman–Crippen MR) is 121 cm³/mol. The Bertz CT molecular complexity index is 1290. The van der Waals surface area contributed by atoms with Gasteiger partial charge in [-0.25, -0.2) is 0 Å². The molecule has 1 amide bonds. The Labute approximate surface area is 184 Å². The van der Waals surface area contributed by atoms with Crippen molar-refractivity contribution in [3.8, 4) is 11.5 Å². The number of hydrogen-bond donors (Lipinski definition) is 2. The Balaban J connectivity index is 1.53. The van der Waals surface area contributed by atoms with Crippen molar-refractivity contribution in [3.63, 3.8) is 0 Å². The van der Waals surface area contributed by atoms with E-state index in [1.54, 1.807) is 18.2 Å². The maximum Gasteiger partial charge on any atom is 0.254 e. The largest absolute Gasteiger partial charge is 0.508 e. The normalized spacial score (nSPS) is 13.4. The average molecular weight is 433 g/mol. The van der Waals surface area contributed by atoms with E-state index in [4.69, 9.17) is 11.6 Å². The van der Waals surface area contributed by atoms with Gasteiger partial charge in [-0.2, -0.15) is 0 Å². The molecule has 5 rings (SSSR count). The van der Waals surface area contributed by atoms with Crippen LogP contribution in [0.15, 0.2) is 66.7 Å². The molecule has 0 aliphatic carbocycles. The lowest BCUT2D eigenvalue weighted by Crippen LogP contribution is -2.36. The first-order valence-electron chi connectivity index (χ1n) is 10.2. The van der Waals surface area contributed by atoms with Gasteiger partial charge in [-0.15, -0.1) is 0 Å². The summed E-state index contributed by atoms with van der Waals surface area (Å²) < 4.78 is 2.26. The first-order chi connectivity index (χ1) is 15.0. The number of phenols is 2. The van der Waals surface area contributed by atoms with Crippen LogP contribution in [0.1, 0.15) is 27.2 Å². The zero-order valence-corrected chi connectivity index (χ0v) is 17.5. The number of benzene rings is 3. The molecule has 0 unspecified atom stereocenters. The summed E-state index contributed by atoms with van der Waals surface area (Å²) in [6, 6.07) is 20.1. The van der Waals surface area contributed by atoms with Crippen LogP contribution in [-0.2, 0) is 19.5 Å². The standard InChI is InChI=1S/C25H21ClN2O3/c26-21-13-17(7-10-24(21)30)25(31)27-12-11-20-19-3-1-2-4-22(19)28(23(20)15-27)14-16-5-8-18(29)9-6-16/h1-10,13,29-30H,11-12,14-15H2. The molecule has 156 valence electrons. The van der Waals surface area contributed by atoms with Gasteiger partial charge < -0.3 is 19.7 Å². The van der Waals surface area contributed by atoms with Gasteiger partial charge in [0, 0.05) is 35.2 Å². The van der Waals surface area contributed by atoms with E-state index in [9.17, 15) is 15.0 Å². The summed E-state index contributed by atoms with van der Waals surface area (Å²) in [5.74, 6) is 0.106. The molecule has 2 N–H and O–H groups in total. The molecule has 3 aromatic carbocycles. The first-order valence-corrected chi connectivity index (χ1v) is 10.5. The van der Waals surface area contributed by atoms with Gasteiger partial charge in [-0.05, 0) is 53.9 Å². The third-order valence-electron chi connectivity index (χ3n) is 5.93. The van der Waals surface area contributed by atoms with Crippen LogP contribution in [-0.4, -0.2) is 32.1 Å². The van der Waals surface area contributed by atoms with Crippen LogP contribution in [0, 0.1) is 0 Å². The van der Waals surface area contributed by atoms with Crippen LogP contribution in [0.2, 0.25) is 5.02 Å². The second-order valence-electron chi connectivity index (χ2n) is 7.84. The van der Waals surface area contributed by atoms with Gasteiger partial charge in [0.2, 0.25) is 0 Å². The second-order valence-corrected chi connectivity index (χ2v) is 8.25. The van der Waals surface area contributed by atoms with E-state index in [2.05, 4.69) is 16.7 Å². The summed E-state index contributed by atoms with van der Waals surface area (Å²) in [6.45, 7) is 1.78. The molecule has 0 bridgehead atoms. The monoisotopic (exact) mass is 432 g/mol. The Kier molecular flexibility index (Phi) is 4.83. The molecule has 4 aromatic rings. The fourth-order valence-electron chi connectivity index (χ4n) is 4.35. The van der Waals surface area contributed by atoms with E-state index in [1.807, 2.05) is 29.2 Å². The molecule has 0 saturated carbocycles. The summed E-state index contributed by atoms with van der Waals surface area (Å²) in [5.41, 5.74) is 5.09. The maximum atomic E-state index is 13.1. The fraction of sp³-hybridized carbons (Fsp3) is 0.160. The molecule has 0 spiro atoms. The SMILES string of the molecule is O=C(c1ccc(O)c(Cl)c1)N1CCc2c(n(Cc3ccc(O)cc3)c3ccccc23)C1. The minimum Gasteiger partial charge on any atom is -0.508 e. The highest BCUT2D eigenvalue weighted by Gasteiger charge is 2.27. The summed E-state index contributed by atoms with van der Waals surface area (Å²) in [5, 5.41) is 20.7. The zero-order chi connectivity index (χ0) is 21.5. The molecule has 0 atom stereocenters. The van der Waals surface area contributed by atoms with Crippen molar-refractivity contribution in [2.75, 3.05) is 6.54 Å². The fourth-order valence-corrected chi connectivity index (χ4v) is 4.54. The number of carbonyl (C=O) groups is 1. The van der Waals surface area contributed by atoms with Gasteiger partial charge >= 0.3 is 0 Å². The Morgan fingerprint density at radius 3 is 2.55 bits per heavy atom. The molecular weight excluding hydrogens is 412 g/mol. The summed E-state index contributed by atoms with van der Waals surface area (Å²) >= 11 is 6.02. The number of para-hydroxylation sites is 1. The van der Waals surface area contributed by atoms with Gasteiger partial charge in [0.1, 0.15) is 11.5 Å². The van der Waals surface area contributed by atoms with Gasteiger partial charge in [0.25, 0.3) is 5.91 Å². The first kappa shape index (κ1) is 19.5. The van der Waals surface area contributed by atoms with Crippen LogP contribution in [0.5, 0.6) is 11.5 Å². The van der Waals surface area contributed by atoms with Crippen LogP contribution in [0.4, 0.5) is 0 Å². The lowest BCUT2D eigenvalue weighted by molar-refractivity contribution is 0.0730. The van der Waals surface area contributed by atoms with Crippen LogP contribution in [0.25, 0.3) is 10.9 Å². The Morgan fingerprint density at radius 1 is 1.00 bits per heavy atom. The number of fused-ring (bicyclic) bond motifs is 3. The van der Waals surface area contributed by atoms with Gasteiger partial charge in [0.05, 0.1) is 11.6 Å². The Hall–Kier alpha value is -3.44. The summed E-state index contributed by atoms with van der Waals surface area (Å²) in [7, 11) is 0. The van der Waals surface area contributed by atoms with Crippen LogP contribution >= 0.6 is 11.6 Å². The number of nitrogens with zero attached hydrogens (tertiary/aromatic N) is 2. The minimum absolute atomic E-state index is 0.0341. The minimum atomic E-state index is -0.103. The lowest BCUT2D eigenvalue weighted by atomic mass is 10.0. The zero-order valence-electron chi connectivity index (χ0n) is 16.8. The number of rotatable bonds is 3. The topological polar surface area (TPSA) is 65.7 Å². The van der Waals surface area contributed by atoms with Crippen molar-refractivity contribution >= 4 is 28.4 Å². The van der Waals surface area contributed by atoms with Gasteiger partial charge in [-0.3, -0.25) is 4.79 Å². The molecule has 0 saturated heterocycles. The number of halogens is 1. The molecule has 0 radical (unpaired) electrons. The highest BCUT2D eigenvalue weighted by Crippen LogP contribution is 2.33. The molecule has 0 fully saturated rings. The molecular formula is C25H21ClN2O3. The van der Waals surface area contributed by atoms with Crippen molar-refractivity contribution in [2.24, 2.45) is 0 Å². The third kappa shape index (κ3) is 3.51. The van der Waals surface area contributed by atoms with Crippen molar-refractivity contribution < 1.29 is 15.0 Å². The van der Waals surface area contributed by atoms with Gasteiger partial charge in [-0.1, -0.05) is 41.9 Å². The van der Waals surface area contributed by atoms with E-state index in [0.717, 1.165) is 23.2 Å². The van der Waals surface area contributed by atoms with Crippen molar-refractivity contribution in [2.45, 2.75) is 19.5 Å². The molecule has 6 heteroatoms. The van der Waals surface area contributed by atoms with E-state index in [1.165, 1.54) is 23.1 Å². The van der Waals surface area contributed by atoms with E-state index >= 15 is 0 Å². The number of aromatic hydroxyl groups is 2.